The van der Waals surface area contributed by atoms with Crippen LogP contribution in [-0.2, 0) is 19.0 Å². The number of rotatable bonds is 2. The highest BCUT2D eigenvalue weighted by Gasteiger charge is 2.64. The second-order valence-electron chi connectivity index (χ2n) is 6.49. The van der Waals surface area contributed by atoms with Gasteiger partial charge in [0, 0.05) is 6.42 Å². The number of carbonyl (C=O) groups is 1. The van der Waals surface area contributed by atoms with Crippen molar-refractivity contribution in [3.63, 3.8) is 0 Å². The number of carbonyl (C=O) groups excluding carboxylic acids is 1. The van der Waals surface area contributed by atoms with Crippen LogP contribution in [0.15, 0.2) is 0 Å². The van der Waals surface area contributed by atoms with Crippen LogP contribution in [0.25, 0.3) is 0 Å². The summed E-state index contributed by atoms with van der Waals surface area (Å²) in [6, 6.07) is -1.14. The molecule has 24 heavy (non-hydrogen) atoms. The third-order valence-corrected chi connectivity index (χ3v) is 5.03. The average Bonchev–Trinajstić information content (AvgIpc) is 2.49. The molecule has 0 bridgehead atoms. The third kappa shape index (κ3) is 2.87. The van der Waals surface area contributed by atoms with Crippen LogP contribution in [0.2, 0.25) is 0 Å². The Morgan fingerprint density at radius 2 is 1.92 bits per heavy atom. The van der Waals surface area contributed by atoms with Gasteiger partial charge in [-0.3, -0.25) is 4.79 Å². The minimum Gasteiger partial charge on any atom is -1.00 e. The number of quaternary nitrogens is 1. The molecule has 3 aliphatic rings. The monoisotopic (exact) mass is 368 g/mol. The lowest BCUT2D eigenvalue weighted by Crippen LogP contribution is -3.00. The van der Waals surface area contributed by atoms with Gasteiger partial charge in [0.1, 0.15) is 30.5 Å². The fourth-order valence-corrected chi connectivity index (χ4v) is 3.77. The van der Waals surface area contributed by atoms with Crippen LogP contribution in [-0.4, -0.2) is 89.9 Å². The molecule has 3 rings (SSSR count). The van der Waals surface area contributed by atoms with Crippen molar-refractivity contribution in [3.05, 3.63) is 0 Å². The number of nitrogens with two attached hydrogens (primary N) is 1. The second kappa shape index (κ2) is 7.10. The summed E-state index contributed by atoms with van der Waals surface area (Å²) in [5, 5.41) is 36.1. The number of nitrogens with one attached hydrogen (secondary N) is 1. The van der Waals surface area contributed by atoms with Crippen LogP contribution >= 0.6 is 0 Å². The van der Waals surface area contributed by atoms with E-state index < -0.39 is 60.5 Å². The van der Waals surface area contributed by atoms with Gasteiger partial charge in [0.15, 0.2) is 5.78 Å². The Labute approximate surface area is 146 Å². The lowest BCUT2D eigenvalue weighted by Gasteiger charge is -2.54. The normalized spacial score (nSPS) is 51.3. The molecule has 6 N–H and O–H groups in total. The number of hydrogen-bond donors (Lipinski definition) is 5. The van der Waals surface area contributed by atoms with E-state index in [9.17, 15) is 20.1 Å². The van der Waals surface area contributed by atoms with Crippen LogP contribution in [0.5, 0.6) is 0 Å². The van der Waals surface area contributed by atoms with Crippen molar-refractivity contribution in [2.75, 3.05) is 14.1 Å². The van der Waals surface area contributed by atoms with E-state index in [4.69, 9.17) is 14.2 Å². The van der Waals surface area contributed by atoms with Gasteiger partial charge in [-0.25, -0.2) is 0 Å². The van der Waals surface area contributed by atoms with E-state index >= 15 is 0 Å². The molecular weight excluding hydrogens is 344 g/mol. The minimum absolute atomic E-state index is 0. The quantitative estimate of drug-likeness (QED) is 0.325. The summed E-state index contributed by atoms with van der Waals surface area (Å²) in [7, 11) is 3.38. The number of Topliss-reactive ketones (excluding diaryl/α,β-unsaturated/α-hetero) is 1. The van der Waals surface area contributed by atoms with Crippen LogP contribution < -0.4 is 23.0 Å². The van der Waals surface area contributed by atoms with E-state index in [2.05, 4.69) is 5.32 Å². The van der Waals surface area contributed by atoms with Gasteiger partial charge in [-0.05, 0) is 14.0 Å². The molecule has 0 spiro atoms. The van der Waals surface area contributed by atoms with Crippen LogP contribution in [0, 0.1) is 0 Å². The summed E-state index contributed by atoms with van der Waals surface area (Å²) in [4.78, 5) is 12.2. The summed E-state index contributed by atoms with van der Waals surface area (Å²) < 4.78 is 16.9. The molecule has 9 atom stereocenters. The maximum Gasteiger partial charge on any atom is 0.280 e. The summed E-state index contributed by atoms with van der Waals surface area (Å²) in [5.74, 6) is -2.73. The summed E-state index contributed by atoms with van der Waals surface area (Å²) >= 11 is 0. The van der Waals surface area contributed by atoms with E-state index in [1.54, 1.807) is 26.3 Å². The highest BCUT2D eigenvalue weighted by atomic mass is 35.5. The smallest absolute Gasteiger partial charge is 0.280 e. The molecule has 1 aliphatic carbocycles. The van der Waals surface area contributed by atoms with Crippen molar-refractivity contribution >= 4 is 5.78 Å². The molecule has 0 amide bonds. The van der Waals surface area contributed by atoms with Crippen molar-refractivity contribution in [1.82, 2.24) is 5.32 Å². The SMILES string of the molecule is CNC1C(O)C([NH2+]C)C2OC3(O)C(=O)CC(C)OC3OC2C1O.[Cl-]. The standard InChI is InChI=1S/C14H24N2O7.ClH/c1-5-4-6(17)14(20)13(21-5)22-12-10(19)7(15-2)9(18)8(16-3)11(12)23-14;/h5,7-13,15-16,18-20H,4H2,1-3H3;1H. The zero-order chi connectivity index (χ0) is 16.9. The second-order valence-corrected chi connectivity index (χ2v) is 6.49. The number of ketones is 1. The van der Waals surface area contributed by atoms with Crippen molar-refractivity contribution in [3.8, 4) is 0 Å². The maximum atomic E-state index is 12.2. The lowest BCUT2D eigenvalue weighted by molar-refractivity contribution is -0.690. The van der Waals surface area contributed by atoms with E-state index in [0.29, 0.717) is 0 Å². The van der Waals surface area contributed by atoms with Gasteiger partial charge in [0.25, 0.3) is 5.79 Å². The van der Waals surface area contributed by atoms with Crippen molar-refractivity contribution in [2.24, 2.45) is 0 Å². The summed E-state index contributed by atoms with van der Waals surface area (Å²) in [5.41, 5.74) is 0. The Hall–Kier alpha value is -0.360. The molecule has 2 aliphatic heterocycles. The molecule has 0 aromatic heterocycles. The fourth-order valence-electron chi connectivity index (χ4n) is 3.77. The Bertz CT molecular complexity index is 484. The topological polar surface area (TPSA) is 134 Å². The zero-order valence-corrected chi connectivity index (χ0v) is 14.5. The number of aliphatic hydroxyl groups is 3. The highest BCUT2D eigenvalue weighted by Crippen LogP contribution is 2.39. The first-order chi connectivity index (χ1) is 10.8. The first kappa shape index (κ1) is 20.0. The first-order valence-corrected chi connectivity index (χ1v) is 7.90. The van der Waals surface area contributed by atoms with Gasteiger partial charge in [0.2, 0.25) is 6.29 Å². The molecule has 0 aromatic carbocycles. The van der Waals surface area contributed by atoms with Gasteiger partial charge >= 0.3 is 0 Å². The molecule has 140 valence electrons. The predicted octanol–water partition coefficient (Wildman–Crippen LogP) is -6.95. The first-order valence-electron chi connectivity index (χ1n) is 7.90. The molecule has 3 fully saturated rings. The number of fused-ring (bicyclic) bond motifs is 2. The zero-order valence-electron chi connectivity index (χ0n) is 13.8. The number of halogens is 1. The van der Waals surface area contributed by atoms with E-state index in [1.165, 1.54) is 0 Å². The summed E-state index contributed by atoms with van der Waals surface area (Å²) in [6.45, 7) is 1.70. The maximum absolute atomic E-state index is 12.2. The Morgan fingerprint density at radius 3 is 2.50 bits per heavy atom. The third-order valence-electron chi connectivity index (χ3n) is 5.03. The van der Waals surface area contributed by atoms with Crippen LogP contribution in [0.3, 0.4) is 0 Å². The van der Waals surface area contributed by atoms with E-state index in [-0.39, 0.29) is 18.8 Å². The van der Waals surface area contributed by atoms with Gasteiger partial charge in [-0.2, -0.15) is 0 Å². The largest absolute Gasteiger partial charge is 1.00 e. The molecule has 2 heterocycles. The number of aliphatic hydroxyl groups excluding tert-OH is 2. The number of hydrogen-bond acceptors (Lipinski definition) is 8. The number of likely N-dealkylation sites (N-methyl/N-ethyl adjacent to an activating group) is 2. The van der Waals surface area contributed by atoms with Crippen LogP contribution in [0.1, 0.15) is 13.3 Å². The molecular formula is C14H25ClN2O7. The molecule has 2 saturated heterocycles. The average molecular weight is 369 g/mol. The predicted molar refractivity (Wildman–Crippen MR) is 75.2 cm³/mol. The van der Waals surface area contributed by atoms with Crippen LogP contribution in [0.4, 0.5) is 0 Å². The van der Waals surface area contributed by atoms with Gasteiger partial charge in [-0.1, -0.05) is 0 Å². The molecule has 9 nitrogen and oxygen atoms in total. The van der Waals surface area contributed by atoms with Crippen molar-refractivity contribution in [1.29, 1.82) is 0 Å². The molecule has 1 saturated carbocycles. The fraction of sp³-hybridized carbons (Fsp3) is 0.929. The van der Waals surface area contributed by atoms with E-state index in [1.807, 2.05) is 0 Å². The van der Waals surface area contributed by atoms with Gasteiger partial charge in [-0.15, -0.1) is 0 Å². The minimum atomic E-state index is -2.21. The molecule has 9 unspecified atom stereocenters. The Kier molecular flexibility index (Phi) is 5.91. The van der Waals surface area contributed by atoms with Crippen molar-refractivity contribution < 1.29 is 52.0 Å². The Morgan fingerprint density at radius 1 is 1.25 bits per heavy atom. The molecule has 0 aromatic rings. The molecule has 10 heteroatoms. The Balaban J connectivity index is 0.00000208. The lowest BCUT2D eigenvalue weighted by atomic mass is 9.80. The molecule has 0 radical (unpaired) electrons. The van der Waals surface area contributed by atoms with Gasteiger partial charge < -0.3 is 52.6 Å². The van der Waals surface area contributed by atoms with Gasteiger partial charge in [0.05, 0.1) is 19.2 Å². The van der Waals surface area contributed by atoms with E-state index in [0.717, 1.165) is 0 Å². The summed E-state index contributed by atoms with van der Waals surface area (Å²) in [6.07, 6.45) is -5.39. The highest BCUT2D eigenvalue weighted by molar-refractivity contribution is 5.87. The number of ether oxygens (including phenoxy) is 3. The van der Waals surface area contributed by atoms with Crippen molar-refractivity contribution in [2.45, 2.75) is 68.0 Å².